The number of carbonyl (C=O) groups is 1. The maximum Gasteiger partial charge on any atom is 0.490 e. The molecular formula is C28H35F3N4O5S. The molecule has 13 heteroatoms. The Labute approximate surface area is 237 Å². The molecule has 0 spiro atoms. The van der Waals surface area contributed by atoms with Crippen molar-refractivity contribution in [1.29, 1.82) is 0 Å². The molecule has 0 amide bonds. The van der Waals surface area contributed by atoms with E-state index in [1.807, 2.05) is 18.2 Å². The van der Waals surface area contributed by atoms with Crippen molar-refractivity contribution in [3.05, 3.63) is 77.7 Å². The molecule has 0 radical (unpaired) electrons. The lowest BCUT2D eigenvalue weighted by Crippen LogP contribution is -2.46. The van der Waals surface area contributed by atoms with Crippen LogP contribution in [0.25, 0.3) is 0 Å². The predicted molar refractivity (Wildman–Crippen MR) is 147 cm³/mol. The molecule has 3 N–H and O–H groups in total. The molecule has 224 valence electrons. The SMILES string of the molecule is Cn1cnc(S(=O)(=O)NCc2ccc3c(c2)[C@@H](Cc2ccccc2)[C@@H](NCC(C)(C)C)CO3)c1.O=C(O)C(F)(F)F. The number of carboxylic acid groups (broad SMARTS) is 1. The normalized spacial score (nSPS) is 17.1. The molecule has 0 unspecified atom stereocenters. The molecule has 2 atom stereocenters. The molecule has 0 aliphatic carbocycles. The predicted octanol–water partition coefficient (Wildman–Crippen LogP) is 4.25. The van der Waals surface area contributed by atoms with Crippen LogP contribution in [0.3, 0.4) is 0 Å². The fourth-order valence-electron chi connectivity index (χ4n) is 4.18. The average Bonchev–Trinajstić information content (AvgIpc) is 3.34. The summed E-state index contributed by atoms with van der Waals surface area (Å²) in [4.78, 5) is 12.9. The van der Waals surface area contributed by atoms with E-state index in [1.54, 1.807) is 11.6 Å². The number of fused-ring (bicyclic) bond motifs is 1. The van der Waals surface area contributed by atoms with Crippen LogP contribution in [-0.2, 0) is 34.8 Å². The van der Waals surface area contributed by atoms with Crippen LogP contribution in [-0.4, -0.2) is 54.4 Å². The molecule has 1 aromatic heterocycles. The summed E-state index contributed by atoms with van der Waals surface area (Å²) in [5.41, 5.74) is 3.42. The van der Waals surface area contributed by atoms with Gasteiger partial charge in [0.05, 0.1) is 6.33 Å². The molecule has 1 aliphatic rings. The number of halogens is 3. The Morgan fingerprint density at radius 2 is 1.78 bits per heavy atom. The fourth-order valence-corrected chi connectivity index (χ4v) is 5.18. The molecule has 2 heterocycles. The zero-order valence-corrected chi connectivity index (χ0v) is 24.1. The van der Waals surface area contributed by atoms with Gasteiger partial charge in [0.2, 0.25) is 0 Å². The molecule has 1 aliphatic heterocycles. The number of hydrogen-bond acceptors (Lipinski definition) is 6. The van der Waals surface area contributed by atoms with Crippen LogP contribution in [0.15, 0.2) is 66.1 Å². The van der Waals surface area contributed by atoms with Gasteiger partial charge in [0, 0.05) is 38.3 Å². The summed E-state index contributed by atoms with van der Waals surface area (Å²) >= 11 is 0. The van der Waals surface area contributed by atoms with Gasteiger partial charge in [-0.3, -0.25) is 0 Å². The number of hydrogen-bond donors (Lipinski definition) is 3. The molecule has 2 aromatic carbocycles. The van der Waals surface area contributed by atoms with Gasteiger partial charge in [-0.25, -0.2) is 22.9 Å². The summed E-state index contributed by atoms with van der Waals surface area (Å²) in [6, 6.07) is 16.6. The smallest absolute Gasteiger partial charge is 0.490 e. The minimum Gasteiger partial charge on any atom is -0.492 e. The van der Waals surface area contributed by atoms with Crippen molar-refractivity contribution in [2.24, 2.45) is 12.5 Å². The number of alkyl halides is 3. The lowest BCUT2D eigenvalue weighted by atomic mass is 9.82. The van der Waals surface area contributed by atoms with E-state index < -0.39 is 22.2 Å². The van der Waals surface area contributed by atoms with Crippen molar-refractivity contribution in [1.82, 2.24) is 19.6 Å². The van der Waals surface area contributed by atoms with Gasteiger partial charge in [0.15, 0.2) is 5.03 Å². The summed E-state index contributed by atoms with van der Waals surface area (Å²) in [6.45, 7) is 8.32. The van der Waals surface area contributed by atoms with Gasteiger partial charge in [-0.05, 0) is 34.6 Å². The van der Waals surface area contributed by atoms with Crippen LogP contribution in [0.1, 0.15) is 43.4 Å². The molecule has 0 saturated heterocycles. The average molecular weight is 597 g/mol. The molecule has 0 saturated carbocycles. The van der Waals surface area contributed by atoms with Crippen molar-refractivity contribution in [2.75, 3.05) is 13.2 Å². The molecular weight excluding hydrogens is 561 g/mol. The monoisotopic (exact) mass is 596 g/mol. The van der Waals surface area contributed by atoms with Crippen molar-refractivity contribution in [3.63, 3.8) is 0 Å². The van der Waals surface area contributed by atoms with Crippen LogP contribution in [0.4, 0.5) is 13.2 Å². The van der Waals surface area contributed by atoms with Crippen molar-refractivity contribution in [3.8, 4) is 5.75 Å². The molecule has 41 heavy (non-hydrogen) atoms. The third kappa shape index (κ3) is 9.58. The van der Waals surface area contributed by atoms with Crippen molar-refractivity contribution < 1.29 is 36.2 Å². The second kappa shape index (κ2) is 13.0. The number of carboxylic acids is 1. The number of aromatic nitrogens is 2. The number of rotatable bonds is 8. The number of nitrogens with zero attached hydrogens (tertiary/aromatic N) is 2. The molecule has 0 bridgehead atoms. The summed E-state index contributed by atoms with van der Waals surface area (Å²) in [5.74, 6) is -1.68. The Bertz CT molecular complexity index is 1420. The van der Waals surface area contributed by atoms with E-state index >= 15 is 0 Å². The number of ether oxygens (including phenoxy) is 1. The van der Waals surface area contributed by atoms with Crippen LogP contribution < -0.4 is 14.8 Å². The summed E-state index contributed by atoms with van der Waals surface area (Å²) in [7, 11) is -1.94. The highest BCUT2D eigenvalue weighted by molar-refractivity contribution is 7.89. The van der Waals surface area contributed by atoms with Gasteiger partial charge in [0.1, 0.15) is 12.4 Å². The molecule has 9 nitrogen and oxygen atoms in total. The second-order valence-electron chi connectivity index (χ2n) is 11.0. The minimum absolute atomic E-state index is 0.0182. The third-order valence-electron chi connectivity index (χ3n) is 6.24. The highest BCUT2D eigenvalue weighted by Gasteiger charge is 2.38. The Morgan fingerprint density at radius 1 is 1.12 bits per heavy atom. The Hall–Kier alpha value is -3.42. The number of aryl methyl sites for hydroxylation is 1. The zero-order chi connectivity index (χ0) is 30.4. The first-order chi connectivity index (χ1) is 19.0. The summed E-state index contributed by atoms with van der Waals surface area (Å²) in [6.07, 6.45) is -1.24. The van der Waals surface area contributed by atoms with Gasteiger partial charge in [-0.2, -0.15) is 13.2 Å². The van der Waals surface area contributed by atoms with Gasteiger partial charge >= 0.3 is 12.1 Å². The zero-order valence-electron chi connectivity index (χ0n) is 23.3. The maximum atomic E-state index is 12.6. The van der Waals surface area contributed by atoms with Crippen LogP contribution in [0.5, 0.6) is 5.75 Å². The van der Waals surface area contributed by atoms with E-state index in [9.17, 15) is 21.6 Å². The van der Waals surface area contributed by atoms with E-state index in [1.165, 1.54) is 18.1 Å². The Morgan fingerprint density at radius 3 is 2.34 bits per heavy atom. The lowest BCUT2D eigenvalue weighted by Gasteiger charge is -2.36. The van der Waals surface area contributed by atoms with E-state index in [-0.39, 0.29) is 28.9 Å². The molecule has 4 rings (SSSR count). The van der Waals surface area contributed by atoms with Crippen molar-refractivity contribution in [2.45, 2.75) is 56.9 Å². The Kier molecular flexibility index (Phi) is 10.2. The highest BCUT2D eigenvalue weighted by Crippen LogP contribution is 2.37. The van der Waals surface area contributed by atoms with E-state index in [2.05, 4.69) is 66.1 Å². The van der Waals surface area contributed by atoms with Crippen LogP contribution in [0, 0.1) is 5.41 Å². The van der Waals surface area contributed by atoms with Crippen LogP contribution in [0.2, 0.25) is 0 Å². The summed E-state index contributed by atoms with van der Waals surface area (Å²) < 4.78 is 67.4. The maximum absolute atomic E-state index is 12.6. The van der Waals surface area contributed by atoms with Gasteiger partial charge in [0.25, 0.3) is 10.0 Å². The number of aliphatic carboxylic acids is 1. The standard InChI is InChI=1S/C26H34N4O3S.C2HF3O2/c1-26(2,3)17-27-23-16-33-24-11-10-20(14-29-34(31,32)25-15-30(4)18-28-25)13-22(24)21(23)12-19-8-6-5-7-9-19;3-2(4,5)1(6)7/h5-11,13,15,18,21,23,27,29H,12,14,16-17H2,1-4H3;(H,6,7)/t21-,23+;/m1./s1. The van der Waals surface area contributed by atoms with Gasteiger partial charge in [-0.1, -0.05) is 63.2 Å². The topological polar surface area (TPSA) is 123 Å². The number of imidazole rings is 1. The molecule has 0 fully saturated rings. The van der Waals surface area contributed by atoms with E-state index in [0.717, 1.165) is 29.8 Å². The first-order valence-corrected chi connectivity index (χ1v) is 14.3. The first kappa shape index (κ1) is 32.1. The Balaban J connectivity index is 0.000000587. The van der Waals surface area contributed by atoms with Gasteiger partial charge in [-0.15, -0.1) is 0 Å². The molecule has 3 aromatic rings. The van der Waals surface area contributed by atoms with Gasteiger partial charge < -0.3 is 19.7 Å². The largest absolute Gasteiger partial charge is 0.492 e. The lowest BCUT2D eigenvalue weighted by molar-refractivity contribution is -0.192. The second-order valence-corrected chi connectivity index (χ2v) is 12.7. The van der Waals surface area contributed by atoms with Crippen LogP contribution >= 0.6 is 0 Å². The highest BCUT2D eigenvalue weighted by atomic mass is 32.2. The first-order valence-electron chi connectivity index (χ1n) is 12.9. The quantitative estimate of drug-likeness (QED) is 0.355. The third-order valence-corrected chi connectivity index (χ3v) is 7.52. The van der Waals surface area contributed by atoms with Crippen molar-refractivity contribution >= 4 is 16.0 Å². The number of nitrogens with one attached hydrogen (secondary N) is 2. The fraction of sp³-hybridized carbons (Fsp3) is 0.429. The number of benzene rings is 2. The van der Waals surface area contributed by atoms with E-state index in [0.29, 0.717) is 6.61 Å². The summed E-state index contributed by atoms with van der Waals surface area (Å²) in [5, 5.41) is 10.9. The van der Waals surface area contributed by atoms with E-state index in [4.69, 9.17) is 14.6 Å². The minimum atomic E-state index is -5.08. The number of sulfonamides is 1.